The van der Waals surface area contributed by atoms with Gasteiger partial charge >= 0.3 is 0 Å². The van der Waals surface area contributed by atoms with Gasteiger partial charge in [-0.05, 0) is 57.0 Å². The quantitative estimate of drug-likeness (QED) is 0.467. The van der Waals surface area contributed by atoms with Gasteiger partial charge in [-0.25, -0.2) is 9.97 Å². The molecule has 162 valence electrons. The third kappa shape index (κ3) is 5.25. The lowest BCUT2D eigenvalue weighted by atomic mass is 9.99. The molecule has 0 spiro atoms. The van der Waals surface area contributed by atoms with Crippen molar-refractivity contribution in [1.82, 2.24) is 15.3 Å². The van der Waals surface area contributed by atoms with Crippen molar-refractivity contribution in [3.63, 3.8) is 0 Å². The van der Waals surface area contributed by atoms with Gasteiger partial charge in [0.25, 0.3) is 11.8 Å². The number of nitrogen functional groups attached to an aromatic ring is 1. The maximum absolute atomic E-state index is 12.4. The average Bonchev–Trinajstić information content (AvgIpc) is 3.14. The molecule has 0 aliphatic carbocycles. The SMILES string of the molecule is Cc1nc([C@@H](O)C(=O)Nc2ccc(-c3cnc(N)c(C(=O)NC(C)C)c3)c(C)c2)cs1. The molecular weight excluding hydrogens is 414 g/mol. The van der Waals surface area contributed by atoms with Crippen molar-refractivity contribution in [3.8, 4) is 11.1 Å². The van der Waals surface area contributed by atoms with Crippen molar-refractivity contribution >= 4 is 34.7 Å². The zero-order valence-electron chi connectivity index (χ0n) is 17.8. The van der Waals surface area contributed by atoms with Gasteiger partial charge < -0.3 is 21.5 Å². The van der Waals surface area contributed by atoms with E-state index in [-0.39, 0.29) is 17.8 Å². The fourth-order valence-corrected chi connectivity index (χ4v) is 3.69. The number of amides is 2. The van der Waals surface area contributed by atoms with Crippen LogP contribution in [0.15, 0.2) is 35.8 Å². The molecule has 0 aliphatic heterocycles. The first-order valence-electron chi connectivity index (χ1n) is 9.74. The highest BCUT2D eigenvalue weighted by Gasteiger charge is 2.20. The summed E-state index contributed by atoms with van der Waals surface area (Å²) in [6.07, 6.45) is 0.268. The van der Waals surface area contributed by atoms with E-state index in [1.54, 1.807) is 29.8 Å². The number of pyridine rings is 1. The average molecular weight is 440 g/mol. The van der Waals surface area contributed by atoms with Crippen LogP contribution in [0.5, 0.6) is 0 Å². The first-order chi connectivity index (χ1) is 14.7. The molecule has 0 unspecified atom stereocenters. The van der Waals surface area contributed by atoms with Crippen molar-refractivity contribution in [1.29, 1.82) is 0 Å². The van der Waals surface area contributed by atoms with E-state index in [9.17, 15) is 14.7 Å². The van der Waals surface area contributed by atoms with Crippen molar-refractivity contribution in [2.24, 2.45) is 0 Å². The molecule has 3 aromatic rings. The Kier molecular flexibility index (Phi) is 6.67. The van der Waals surface area contributed by atoms with Crippen LogP contribution in [0.2, 0.25) is 0 Å². The van der Waals surface area contributed by atoms with Gasteiger partial charge in [-0.2, -0.15) is 0 Å². The number of aliphatic hydroxyl groups is 1. The van der Waals surface area contributed by atoms with Crippen LogP contribution in [0.25, 0.3) is 11.1 Å². The lowest BCUT2D eigenvalue weighted by molar-refractivity contribution is -0.124. The molecule has 1 aromatic carbocycles. The Balaban J connectivity index is 1.81. The monoisotopic (exact) mass is 439 g/mol. The van der Waals surface area contributed by atoms with E-state index in [1.165, 1.54) is 11.3 Å². The first-order valence-corrected chi connectivity index (χ1v) is 10.6. The topological polar surface area (TPSA) is 130 Å². The fraction of sp³-hybridized carbons (Fsp3) is 0.273. The summed E-state index contributed by atoms with van der Waals surface area (Å²) in [5.41, 5.74) is 9.51. The maximum atomic E-state index is 12.4. The molecule has 5 N–H and O–H groups in total. The van der Waals surface area contributed by atoms with Gasteiger partial charge in [0.1, 0.15) is 5.82 Å². The number of nitrogens with two attached hydrogens (primary N) is 1. The summed E-state index contributed by atoms with van der Waals surface area (Å²) in [5, 5.41) is 18.2. The first kappa shape index (κ1) is 22.4. The van der Waals surface area contributed by atoms with E-state index < -0.39 is 12.0 Å². The minimum atomic E-state index is -1.34. The minimum Gasteiger partial charge on any atom is -0.383 e. The standard InChI is InChI=1S/C22H25N5O3S/c1-11(2)25-21(29)17-8-14(9-24-20(17)23)16-6-5-15(7-12(16)3)27-22(30)19(28)18-10-31-13(4)26-18/h5-11,19,28H,1-4H3,(H2,23,24)(H,25,29)(H,27,30)/t19-/m1/s1. The number of hydrogen-bond donors (Lipinski definition) is 4. The Morgan fingerprint density at radius 3 is 2.55 bits per heavy atom. The van der Waals surface area contributed by atoms with E-state index in [4.69, 9.17) is 5.73 Å². The molecule has 1 atom stereocenters. The molecule has 2 amide bonds. The predicted molar refractivity (Wildman–Crippen MR) is 122 cm³/mol. The molecule has 0 saturated heterocycles. The molecule has 0 radical (unpaired) electrons. The van der Waals surface area contributed by atoms with Crippen molar-refractivity contribution < 1.29 is 14.7 Å². The van der Waals surface area contributed by atoms with Crippen LogP contribution in [0, 0.1) is 13.8 Å². The Hall–Kier alpha value is -3.30. The normalized spacial score (nSPS) is 11.9. The number of nitrogens with zero attached hydrogens (tertiary/aromatic N) is 2. The number of rotatable bonds is 6. The predicted octanol–water partition coefficient (Wildman–Crippen LogP) is 3.21. The molecular formula is C22H25N5O3S. The number of benzene rings is 1. The third-order valence-corrected chi connectivity index (χ3v) is 5.34. The number of thiazole rings is 1. The van der Waals surface area contributed by atoms with Crippen molar-refractivity contribution in [3.05, 3.63) is 57.7 Å². The lowest BCUT2D eigenvalue weighted by Gasteiger charge is -2.14. The summed E-state index contributed by atoms with van der Waals surface area (Å²) in [6.45, 7) is 7.43. The number of hydrogen-bond acceptors (Lipinski definition) is 7. The van der Waals surface area contributed by atoms with Crippen LogP contribution in [0.3, 0.4) is 0 Å². The van der Waals surface area contributed by atoms with E-state index in [0.29, 0.717) is 16.9 Å². The number of nitrogens with one attached hydrogen (secondary N) is 2. The highest BCUT2D eigenvalue weighted by atomic mass is 32.1. The van der Waals surface area contributed by atoms with E-state index in [2.05, 4.69) is 20.6 Å². The Bertz CT molecular complexity index is 1130. The zero-order chi connectivity index (χ0) is 22.7. The number of carbonyl (C=O) groups is 2. The second-order valence-electron chi connectivity index (χ2n) is 7.50. The smallest absolute Gasteiger partial charge is 0.259 e. The van der Waals surface area contributed by atoms with Crippen LogP contribution in [0.1, 0.15) is 46.6 Å². The van der Waals surface area contributed by atoms with Crippen LogP contribution in [0.4, 0.5) is 11.5 Å². The molecule has 2 heterocycles. The van der Waals surface area contributed by atoms with Crippen LogP contribution < -0.4 is 16.4 Å². The third-order valence-electron chi connectivity index (χ3n) is 4.55. The molecule has 9 heteroatoms. The van der Waals surface area contributed by atoms with E-state index in [0.717, 1.165) is 21.7 Å². The second kappa shape index (κ2) is 9.23. The molecule has 0 fully saturated rings. The van der Waals surface area contributed by atoms with Gasteiger partial charge in [0.2, 0.25) is 0 Å². The number of aliphatic hydroxyl groups excluding tert-OH is 1. The molecule has 0 saturated carbocycles. The minimum absolute atomic E-state index is 0.0243. The highest BCUT2D eigenvalue weighted by molar-refractivity contribution is 7.09. The number of anilines is 2. The van der Waals surface area contributed by atoms with Crippen molar-refractivity contribution in [2.45, 2.75) is 39.8 Å². The van der Waals surface area contributed by atoms with E-state index >= 15 is 0 Å². The summed E-state index contributed by atoms with van der Waals surface area (Å²) >= 11 is 1.37. The van der Waals surface area contributed by atoms with Crippen LogP contribution >= 0.6 is 11.3 Å². The van der Waals surface area contributed by atoms with Gasteiger partial charge in [-0.15, -0.1) is 11.3 Å². The summed E-state index contributed by atoms with van der Waals surface area (Å²) < 4.78 is 0. The summed E-state index contributed by atoms with van der Waals surface area (Å²) in [6, 6.07) is 7.01. The van der Waals surface area contributed by atoms with Crippen LogP contribution in [-0.2, 0) is 4.79 Å². The van der Waals surface area contributed by atoms with Crippen LogP contribution in [-0.4, -0.2) is 32.9 Å². The molecule has 2 aromatic heterocycles. The fourth-order valence-electron chi connectivity index (χ4n) is 3.06. The second-order valence-corrected chi connectivity index (χ2v) is 8.56. The van der Waals surface area contributed by atoms with Gasteiger partial charge in [0.05, 0.1) is 16.3 Å². The molecule has 0 aliphatic rings. The lowest BCUT2D eigenvalue weighted by Crippen LogP contribution is -2.30. The summed E-state index contributed by atoms with van der Waals surface area (Å²) in [5.74, 6) is -0.677. The molecule has 0 bridgehead atoms. The maximum Gasteiger partial charge on any atom is 0.259 e. The van der Waals surface area contributed by atoms with Gasteiger partial charge in [-0.1, -0.05) is 6.07 Å². The Morgan fingerprint density at radius 2 is 1.94 bits per heavy atom. The zero-order valence-corrected chi connectivity index (χ0v) is 18.6. The number of aromatic nitrogens is 2. The summed E-state index contributed by atoms with van der Waals surface area (Å²) in [7, 11) is 0. The summed E-state index contributed by atoms with van der Waals surface area (Å²) in [4.78, 5) is 33.1. The number of carbonyl (C=O) groups excluding carboxylic acids is 2. The largest absolute Gasteiger partial charge is 0.383 e. The van der Waals surface area contributed by atoms with Gasteiger partial charge in [0, 0.05) is 28.9 Å². The Morgan fingerprint density at radius 1 is 1.19 bits per heavy atom. The molecule has 8 nitrogen and oxygen atoms in total. The molecule has 3 rings (SSSR count). The van der Waals surface area contributed by atoms with Gasteiger partial charge in [-0.3, -0.25) is 9.59 Å². The Labute approximate surface area is 184 Å². The van der Waals surface area contributed by atoms with Crippen molar-refractivity contribution in [2.75, 3.05) is 11.1 Å². The van der Waals surface area contributed by atoms with Gasteiger partial charge in [0.15, 0.2) is 6.10 Å². The number of aryl methyl sites for hydroxylation is 2. The van der Waals surface area contributed by atoms with E-state index in [1.807, 2.05) is 33.8 Å². The highest BCUT2D eigenvalue weighted by Crippen LogP contribution is 2.28. The molecule has 31 heavy (non-hydrogen) atoms.